The average molecular weight is 244 g/mol. The van der Waals surface area contributed by atoms with Crippen LogP contribution in [-0.2, 0) is 0 Å². The molecule has 0 saturated heterocycles. The number of nitrogens with one attached hydrogen (secondary N) is 2. The summed E-state index contributed by atoms with van der Waals surface area (Å²) in [6.07, 6.45) is 0. The lowest BCUT2D eigenvalue weighted by molar-refractivity contribution is 0.311. The van der Waals surface area contributed by atoms with Crippen LogP contribution in [0.25, 0.3) is 0 Å². The summed E-state index contributed by atoms with van der Waals surface area (Å²) >= 11 is 0. The van der Waals surface area contributed by atoms with Crippen molar-refractivity contribution >= 4 is 17.3 Å². The van der Waals surface area contributed by atoms with Gasteiger partial charge in [-0.15, -0.1) is 0 Å². The second-order valence-corrected chi connectivity index (χ2v) is 3.83. The lowest BCUT2D eigenvalue weighted by Crippen LogP contribution is -2.08. The fourth-order valence-corrected chi connectivity index (χ4v) is 1.58. The molecule has 5 heteroatoms. The normalized spacial score (nSPS) is 10.1. The second kappa shape index (κ2) is 5.97. The van der Waals surface area contributed by atoms with Crippen LogP contribution < -0.4 is 10.6 Å². The summed E-state index contributed by atoms with van der Waals surface area (Å²) in [6.45, 7) is 2.38. The zero-order chi connectivity index (χ0) is 12.8. The van der Waals surface area contributed by atoms with Crippen LogP contribution in [0, 0.1) is 6.92 Å². The Kier molecular flexibility index (Phi) is 4.09. The van der Waals surface area contributed by atoms with E-state index in [0.717, 1.165) is 11.5 Å². The van der Waals surface area contributed by atoms with Crippen LogP contribution in [-0.4, -0.2) is 28.2 Å². The highest BCUT2D eigenvalue weighted by molar-refractivity contribution is 5.58. The Balaban J connectivity index is 2.15. The fourth-order valence-electron chi connectivity index (χ4n) is 1.58. The van der Waals surface area contributed by atoms with Crippen LogP contribution in [0.3, 0.4) is 0 Å². The van der Waals surface area contributed by atoms with Gasteiger partial charge in [-0.3, -0.25) is 0 Å². The van der Waals surface area contributed by atoms with Gasteiger partial charge in [-0.05, 0) is 19.1 Å². The molecule has 2 aromatic rings. The Morgan fingerprint density at radius 3 is 2.56 bits per heavy atom. The minimum atomic E-state index is 0.0739. The van der Waals surface area contributed by atoms with Gasteiger partial charge in [0.25, 0.3) is 0 Å². The van der Waals surface area contributed by atoms with E-state index in [4.69, 9.17) is 5.11 Å². The van der Waals surface area contributed by atoms with Crippen LogP contribution in [0.1, 0.15) is 5.82 Å². The van der Waals surface area contributed by atoms with E-state index >= 15 is 0 Å². The lowest BCUT2D eigenvalue weighted by Gasteiger charge is -2.09. The van der Waals surface area contributed by atoms with Gasteiger partial charge in [0.1, 0.15) is 17.5 Å². The number of hydrogen-bond donors (Lipinski definition) is 3. The molecule has 0 amide bonds. The van der Waals surface area contributed by atoms with Gasteiger partial charge in [0.05, 0.1) is 6.61 Å². The van der Waals surface area contributed by atoms with Crippen LogP contribution >= 0.6 is 0 Å². The van der Waals surface area contributed by atoms with Gasteiger partial charge < -0.3 is 15.7 Å². The molecule has 0 radical (unpaired) electrons. The van der Waals surface area contributed by atoms with E-state index in [-0.39, 0.29) is 6.61 Å². The largest absolute Gasteiger partial charge is 0.395 e. The van der Waals surface area contributed by atoms with Gasteiger partial charge in [0.2, 0.25) is 0 Å². The molecule has 0 aliphatic heterocycles. The minimum absolute atomic E-state index is 0.0739. The van der Waals surface area contributed by atoms with E-state index < -0.39 is 0 Å². The molecule has 1 aromatic heterocycles. The van der Waals surface area contributed by atoms with Crippen LogP contribution in [0.5, 0.6) is 0 Å². The van der Waals surface area contributed by atoms with E-state index in [9.17, 15) is 0 Å². The maximum Gasteiger partial charge on any atom is 0.136 e. The summed E-state index contributed by atoms with van der Waals surface area (Å²) in [5.41, 5.74) is 0.976. The predicted molar refractivity (Wildman–Crippen MR) is 72.1 cm³/mol. The first-order valence-corrected chi connectivity index (χ1v) is 5.80. The molecule has 0 unspecified atom stereocenters. The van der Waals surface area contributed by atoms with Crippen molar-refractivity contribution in [2.45, 2.75) is 6.92 Å². The number of aliphatic hydroxyl groups is 1. The highest BCUT2D eigenvalue weighted by atomic mass is 16.3. The summed E-state index contributed by atoms with van der Waals surface area (Å²) in [6, 6.07) is 11.6. The molecule has 0 bridgehead atoms. The van der Waals surface area contributed by atoms with Crippen molar-refractivity contribution < 1.29 is 5.11 Å². The molecule has 94 valence electrons. The van der Waals surface area contributed by atoms with Gasteiger partial charge in [-0.1, -0.05) is 18.2 Å². The van der Waals surface area contributed by atoms with Crippen molar-refractivity contribution in [3.63, 3.8) is 0 Å². The topological polar surface area (TPSA) is 70.1 Å². The molecule has 0 atom stereocenters. The number of aryl methyl sites for hydroxylation is 1. The Labute approximate surface area is 106 Å². The van der Waals surface area contributed by atoms with Crippen molar-refractivity contribution in [2.24, 2.45) is 0 Å². The Bertz CT molecular complexity index is 502. The third-order valence-electron chi connectivity index (χ3n) is 2.30. The molecule has 0 aliphatic rings. The van der Waals surface area contributed by atoms with Gasteiger partial charge in [0.15, 0.2) is 0 Å². The van der Waals surface area contributed by atoms with E-state index in [1.165, 1.54) is 0 Å². The van der Waals surface area contributed by atoms with Crippen molar-refractivity contribution in [1.82, 2.24) is 9.97 Å². The fraction of sp³-hybridized carbons (Fsp3) is 0.231. The number of aromatic nitrogens is 2. The molecule has 18 heavy (non-hydrogen) atoms. The number of benzene rings is 1. The smallest absolute Gasteiger partial charge is 0.136 e. The van der Waals surface area contributed by atoms with Crippen LogP contribution in [0.4, 0.5) is 17.3 Å². The third kappa shape index (κ3) is 3.43. The summed E-state index contributed by atoms with van der Waals surface area (Å²) in [5.74, 6) is 2.11. The Morgan fingerprint density at radius 2 is 1.83 bits per heavy atom. The SMILES string of the molecule is Cc1nc(NCCO)cc(Nc2ccccc2)n1. The highest BCUT2D eigenvalue weighted by Crippen LogP contribution is 2.16. The first-order chi connectivity index (χ1) is 8.78. The number of nitrogens with zero attached hydrogens (tertiary/aromatic N) is 2. The number of hydrogen-bond acceptors (Lipinski definition) is 5. The van der Waals surface area contributed by atoms with E-state index in [1.807, 2.05) is 43.3 Å². The Hall–Kier alpha value is -2.14. The highest BCUT2D eigenvalue weighted by Gasteiger charge is 2.01. The zero-order valence-corrected chi connectivity index (χ0v) is 10.2. The molecular weight excluding hydrogens is 228 g/mol. The lowest BCUT2D eigenvalue weighted by atomic mass is 10.3. The molecule has 1 aromatic carbocycles. The van der Waals surface area contributed by atoms with Crippen LogP contribution in [0.2, 0.25) is 0 Å². The van der Waals surface area contributed by atoms with Crippen molar-refractivity contribution in [3.05, 3.63) is 42.2 Å². The summed E-state index contributed by atoms with van der Waals surface area (Å²) in [4.78, 5) is 8.55. The van der Waals surface area contributed by atoms with E-state index in [0.29, 0.717) is 18.2 Å². The van der Waals surface area contributed by atoms with E-state index in [2.05, 4.69) is 20.6 Å². The molecule has 3 N–H and O–H groups in total. The van der Waals surface area contributed by atoms with Gasteiger partial charge >= 0.3 is 0 Å². The summed E-state index contributed by atoms with van der Waals surface area (Å²) in [7, 11) is 0. The number of anilines is 3. The van der Waals surface area contributed by atoms with E-state index in [1.54, 1.807) is 0 Å². The zero-order valence-electron chi connectivity index (χ0n) is 10.2. The molecule has 0 aliphatic carbocycles. The molecular formula is C13H16N4O. The molecule has 1 heterocycles. The maximum atomic E-state index is 8.78. The minimum Gasteiger partial charge on any atom is -0.395 e. The first-order valence-electron chi connectivity index (χ1n) is 5.80. The van der Waals surface area contributed by atoms with Gasteiger partial charge in [0, 0.05) is 18.3 Å². The maximum absolute atomic E-state index is 8.78. The standard InChI is InChI=1S/C13H16N4O/c1-10-15-12(14-7-8-18)9-13(16-10)17-11-5-3-2-4-6-11/h2-6,9,18H,7-8H2,1H3,(H2,14,15,16,17). The summed E-state index contributed by atoms with van der Waals surface area (Å²) < 4.78 is 0. The summed E-state index contributed by atoms with van der Waals surface area (Å²) in [5, 5.41) is 15.0. The van der Waals surface area contributed by atoms with Gasteiger partial charge in [-0.25, -0.2) is 9.97 Å². The third-order valence-corrected chi connectivity index (χ3v) is 2.30. The quantitative estimate of drug-likeness (QED) is 0.749. The number of para-hydroxylation sites is 1. The van der Waals surface area contributed by atoms with Crippen molar-refractivity contribution in [2.75, 3.05) is 23.8 Å². The Morgan fingerprint density at radius 1 is 1.11 bits per heavy atom. The average Bonchev–Trinajstić information content (AvgIpc) is 2.37. The first kappa shape index (κ1) is 12.3. The monoisotopic (exact) mass is 244 g/mol. The molecule has 0 saturated carbocycles. The number of rotatable bonds is 5. The molecule has 5 nitrogen and oxygen atoms in total. The van der Waals surface area contributed by atoms with Crippen molar-refractivity contribution in [1.29, 1.82) is 0 Å². The van der Waals surface area contributed by atoms with Crippen molar-refractivity contribution in [3.8, 4) is 0 Å². The molecule has 0 spiro atoms. The number of aliphatic hydroxyl groups excluding tert-OH is 1. The predicted octanol–water partition coefficient (Wildman–Crippen LogP) is 1.93. The van der Waals surface area contributed by atoms with Crippen LogP contribution in [0.15, 0.2) is 36.4 Å². The molecule has 2 rings (SSSR count). The second-order valence-electron chi connectivity index (χ2n) is 3.83. The molecule has 0 fully saturated rings. The van der Waals surface area contributed by atoms with Gasteiger partial charge in [-0.2, -0.15) is 0 Å².